The van der Waals surface area contributed by atoms with Crippen molar-refractivity contribution in [3.8, 4) is 0 Å². The highest BCUT2D eigenvalue weighted by atomic mass is 35.5. The van der Waals surface area contributed by atoms with Gasteiger partial charge < -0.3 is 0 Å². The Labute approximate surface area is 64.2 Å². The third kappa shape index (κ3) is 3.29. The Morgan fingerprint density at radius 1 is 1.70 bits per heavy atom. The molecular formula is C5H11ClF2N2. The molecule has 0 aliphatic heterocycles. The second-order valence-electron chi connectivity index (χ2n) is 2.39. The minimum atomic E-state index is -0.892. The average Bonchev–Trinajstić information content (AvgIpc) is 1.87. The lowest BCUT2D eigenvalue weighted by molar-refractivity contribution is 0.0204. The maximum absolute atomic E-state index is 12.1. The third-order valence-electron chi connectivity index (χ3n) is 1.43. The van der Waals surface area contributed by atoms with E-state index in [0.717, 1.165) is 0 Å². The quantitative estimate of drug-likeness (QED) is 0.515. The van der Waals surface area contributed by atoms with Gasteiger partial charge in [0.25, 0.3) is 0 Å². The summed E-state index contributed by atoms with van der Waals surface area (Å²) in [6.07, 6.45) is 0.469. The average molecular weight is 173 g/mol. The first-order valence-corrected chi connectivity index (χ1v) is 3.33. The second kappa shape index (κ2) is 4.05. The van der Waals surface area contributed by atoms with Gasteiger partial charge in [0.2, 0.25) is 0 Å². The standard InChI is InChI=1S/C5H11ClF2N2/c1-3-5(2,4-7)9-10(6)8/h9H,3-4H2,1-2H3. The van der Waals surface area contributed by atoms with Gasteiger partial charge in [-0.25, -0.2) is 9.82 Å². The number of hydrogen-bond donors (Lipinski definition) is 1. The summed E-state index contributed by atoms with van der Waals surface area (Å²) in [5.74, 6) is 0. The van der Waals surface area contributed by atoms with E-state index >= 15 is 0 Å². The summed E-state index contributed by atoms with van der Waals surface area (Å²) in [6.45, 7) is 2.63. The number of alkyl halides is 1. The zero-order valence-corrected chi connectivity index (χ0v) is 6.75. The molecule has 0 aliphatic carbocycles. The zero-order valence-electron chi connectivity index (χ0n) is 6.00. The lowest BCUT2D eigenvalue weighted by Gasteiger charge is -2.25. The van der Waals surface area contributed by atoms with Crippen molar-refractivity contribution in [1.29, 1.82) is 0 Å². The molecule has 2 nitrogen and oxygen atoms in total. The molecule has 1 unspecified atom stereocenters. The number of halogens is 3. The Morgan fingerprint density at radius 2 is 2.20 bits per heavy atom. The molecule has 0 aromatic carbocycles. The second-order valence-corrected chi connectivity index (χ2v) is 2.69. The van der Waals surface area contributed by atoms with Crippen LogP contribution in [0.25, 0.3) is 0 Å². The minimum absolute atomic E-state index is 0.247. The van der Waals surface area contributed by atoms with Gasteiger partial charge in [-0.2, -0.15) is 0 Å². The van der Waals surface area contributed by atoms with Crippen LogP contribution in [0.4, 0.5) is 8.87 Å². The fourth-order valence-corrected chi connectivity index (χ4v) is 0.612. The first-order valence-electron chi connectivity index (χ1n) is 2.99. The van der Waals surface area contributed by atoms with E-state index in [1.54, 1.807) is 13.8 Å². The summed E-state index contributed by atoms with van der Waals surface area (Å²) in [7, 11) is 0. The van der Waals surface area contributed by atoms with Gasteiger partial charge in [-0.1, -0.05) is 6.92 Å². The van der Waals surface area contributed by atoms with Crippen LogP contribution in [0.3, 0.4) is 0 Å². The highest BCUT2D eigenvalue weighted by Crippen LogP contribution is 2.11. The van der Waals surface area contributed by atoms with Gasteiger partial charge in [-0.15, -0.1) is 4.48 Å². The minimum Gasteiger partial charge on any atom is -0.249 e. The first kappa shape index (κ1) is 10.1. The van der Waals surface area contributed by atoms with E-state index in [-0.39, 0.29) is 4.75 Å². The van der Waals surface area contributed by atoms with Gasteiger partial charge in [-0.3, -0.25) is 0 Å². The first-order chi connectivity index (χ1) is 4.54. The normalized spacial score (nSPS) is 17.4. The van der Waals surface area contributed by atoms with Crippen LogP contribution in [0, 0.1) is 0 Å². The molecule has 0 aromatic rings. The molecule has 62 valence electrons. The van der Waals surface area contributed by atoms with Crippen molar-refractivity contribution in [2.75, 3.05) is 6.67 Å². The van der Waals surface area contributed by atoms with E-state index in [9.17, 15) is 8.87 Å². The maximum atomic E-state index is 12.1. The van der Waals surface area contributed by atoms with Gasteiger partial charge in [0, 0.05) is 16.5 Å². The molecule has 0 bridgehead atoms. The third-order valence-corrected chi connectivity index (χ3v) is 1.51. The zero-order chi connectivity index (χ0) is 8.20. The number of nitrogens with one attached hydrogen (secondary N) is 1. The van der Waals surface area contributed by atoms with Crippen molar-refractivity contribution in [3.63, 3.8) is 0 Å². The SMILES string of the molecule is CCC(C)(CF)NN(F)Cl. The molecule has 0 radical (unpaired) electrons. The number of nitrogens with zero attached hydrogens (tertiary/aromatic N) is 1. The Bertz CT molecular complexity index is 95.6. The Balaban J connectivity index is 3.80. The molecule has 0 aromatic heterocycles. The maximum Gasteiger partial charge on any atom is 0.109 e. The Kier molecular flexibility index (Phi) is 4.08. The predicted molar refractivity (Wildman–Crippen MR) is 36.6 cm³/mol. The predicted octanol–water partition coefficient (Wildman–Crippen LogP) is 1.97. The van der Waals surface area contributed by atoms with Crippen molar-refractivity contribution in [1.82, 2.24) is 10.2 Å². The molecule has 0 amide bonds. The largest absolute Gasteiger partial charge is 0.249 e. The van der Waals surface area contributed by atoms with Crippen molar-refractivity contribution < 1.29 is 8.87 Å². The summed E-state index contributed by atoms with van der Waals surface area (Å²) >= 11 is 4.81. The van der Waals surface area contributed by atoms with Crippen molar-refractivity contribution >= 4 is 11.8 Å². The molecular weight excluding hydrogens is 162 g/mol. The van der Waals surface area contributed by atoms with Gasteiger partial charge in [-0.05, 0) is 13.3 Å². The Morgan fingerprint density at radius 3 is 2.30 bits per heavy atom. The molecule has 0 rings (SSSR count). The monoisotopic (exact) mass is 172 g/mol. The topological polar surface area (TPSA) is 15.3 Å². The van der Waals surface area contributed by atoms with Gasteiger partial charge in [0.15, 0.2) is 0 Å². The summed E-state index contributed by atoms with van der Waals surface area (Å²) in [5, 5.41) is 0. The molecule has 0 aliphatic rings. The molecule has 10 heavy (non-hydrogen) atoms. The van der Waals surface area contributed by atoms with Crippen LogP contribution in [-0.2, 0) is 0 Å². The van der Waals surface area contributed by atoms with Crippen molar-refractivity contribution in [2.24, 2.45) is 0 Å². The number of hydrazine groups is 1. The summed E-state index contributed by atoms with van der Waals surface area (Å²) in [4.78, 5) is 0. The lowest BCUT2D eigenvalue weighted by atomic mass is 10.0. The molecule has 0 saturated heterocycles. The highest BCUT2D eigenvalue weighted by Gasteiger charge is 2.23. The van der Waals surface area contributed by atoms with Crippen molar-refractivity contribution in [2.45, 2.75) is 25.8 Å². The molecule has 1 atom stereocenters. The summed E-state index contributed by atoms with van der Waals surface area (Å²) in [5.41, 5.74) is 1.22. The van der Waals surface area contributed by atoms with Crippen LogP contribution < -0.4 is 5.43 Å². The van der Waals surface area contributed by atoms with Crippen LogP contribution in [-0.4, -0.2) is 17.0 Å². The van der Waals surface area contributed by atoms with E-state index in [1.165, 1.54) is 0 Å². The smallest absolute Gasteiger partial charge is 0.109 e. The van der Waals surface area contributed by atoms with Crippen molar-refractivity contribution in [3.05, 3.63) is 0 Å². The highest BCUT2D eigenvalue weighted by molar-refractivity contribution is 6.12. The van der Waals surface area contributed by atoms with Crippen LogP contribution in [0.1, 0.15) is 20.3 Å². The van der Waals surface area contributed by atoms with Crippen LogP contribution in [0.5, 0.6) is 0 Å². The van der Waals surface area contributed by atoms with Crippen LogP contribution in [0.2, 0.25) is 0 Å². The molecule has 1 N–H and O–H groups in total. The molecule has 0 saturated carbocycles. The fourth-order valence-electron chi connectivity index (χ4n) is 0.407. The fraction of sp³-hybridized carbons (Fsp3) is 1.00. The van der Waals surface area contributed by atoms with E-state index in [4.69, 9.17) is 11.8 Å². The van der Waals surface area contributed by atoms with E-state index in [2.05, 4.69) is 5.43 Å². The summed E-state index contributed by atoms with van der Waals surface area (Å²) < 4.78 is 23.7. The summed E-state index contributed by atoms with van der Waals surface area (Å²) in [6, 6.07) is 0. The number of hydrogen-bond acceptors (Lipinski definition) is 2. The van der Waals surface area contributed by atoms with Gasteiger partial charge >= 0.3 is 0 Å². The molecule has 0 fully saturated rings. The Hall–Kier alpha value is 0.0700. The van der Waals surface area contributed by atoms with Crippen LogP contribution >= 0.6 is 11.8 Å². The van der Waals surface area contributed by atoms with E-state index < -0.39 is 12.2 Å². The van der Waals surface area contributed by atoms with Gasteiger partial charge in [0.1, 0.15) is 6.67 Å². The molecule has 5 heteroatoms. The van der Waals surface area contributed by atoms with E-state index in [0.29, 0.717) is 6.42 Å². The molecule has 0 heterocycles. The van der Waals surface area contributed by atoms with Gasteiger partial charge in [0.05, 0.1) is 5.54 Å². The lowest BCUT2D eigenvalue weighted by Crippen LogP contribution is -2.47. The van der Waals surface area contributed by atoms with E-state index in [1.807, 2.05) is 0 Å². The molecule has 0 spiro atoms. The van der Waals surface area contributed by atoms with Crippen LogP contribution in [0.15, 0.2) is 0 Å². The number of rotatable bonds is 4.